The van der Waals surface area contributed by atoms with E-state index >= 15 is 0 Å². The van der Waals surface area contributed by atoms with Gasteiger partial charge in [-0.1, -0.05) is 18.2 Å². The molecule has 2 amide bonds. The summed E-state index contributed by atoms with van der Waals surface area (Å²) in [6, 6.07) is 30.0. The summed E-state index contributed by atoms with van der Waals surface area (Å²) in [5, 5.41) is 16.3. The number of benzene rings is 4. The van der Waals surface area contributed by atoms with Crippen molar-refractivity contribution in [1.29, 1.82) is 0 Å². The van der Waals surface area contributed by atoms with Crippen LogP contribution in [0, 0.1) is 13.8 Å². The number of ether oxygens (including phenoxy) is 2. The Balaban J connectivity index is 0.000000230. The molecule has 0 atom stereocenters. The largest absolute Gasteiger partial charge is 0.486 e. The summed E-state index contributed by atoms with van der Waals surface area (Å²) in [5.74, 6) is -0.259. The Labute approximate surface area is 270 Å². The molecule has 2 aromatic heterocycles. The van der Waals surface area contributed by atoms with Gasteiger partial charge >= 0.3 is 5.97 Å². The monoisotopic (exact) mass is 626 g/mol. The van der Waals surface area contributed by atoms with Crippen molar-refractivity contribution in [2.24, 2.45) is 0 Å². The highest BCUT2D eigenvalue weighted by Gasteiger charge is 2.16. The first-order valence-corrected chi connectivity index (χ1v) is 14.8. The van der Waals surface area contributed by atoms with E-state index in [1.165, 1.54) is 0 Å². The normalized spacial score (nSPS) is 11.7. The lowest BCUT2D eigenvalue weighted by Gasteiger charge is -2.18. The fourth-order valence-electron chi connectivity index (χ4n) is 5.00. The van der Waals surface area contributed by atoms with Crippen LogP contribution in [0.5, 0.6) is 11.5 Å². The molecule has 3 N–H and O–H groups in total. The molecule has 0 aliphatic carbocycles. The molecule has 10 heteroatoms. The standard InChI is InChI=1S/C26H21N3O4.C11H9NO2/c1-16-5-6-17-13-18(7-9-22(17)27-16)25(30)28-20-3-2-4-21(15-20)29-26(31)19-8-10-23-24(14-19)33-12-11-32-23;1-7-2-3-8-6-9(11(13)14)4-5-10(8)12-7/h2-10,13-15H,11-12H2,1H3,(H,28,30)(H,29,31);2-6H,1H3,(H,13,14). The van der Waals surface area contributed by atoms with Crippen LogP contribution in [0.1, 0.15) is 42.5 Å². The van der Waals surface area contributed by atoms with Gasteiger partial charge in [0.05, 0.1) is 16.6 Å². The van der Waals surface area contributed by atoms with Crippen LogP contribution in [0.3, 0.4) is 0 Å². The lowest BCUT2D eigenvalue weighted by Crippen LogP contribution is -2.17. The number of amides is 2. The van der Waals surface area contributed by atoms with Crippen molar-refractivity contribution in [3.05, 3.63) is 131 Å². The predicted molar refractivity (Wildman–Crippen MR) is 180 cm³/mol. The number of anilines is 2. The van der Waals surface area contributed by atoms with Crippen molar-refractivity contribution < 1.29 is 29.0 Å². The molecule has 4 aromatic carbocycles. The fraction of sp³-hybridized carbons (Fsp3) is 0.108. The number of carboxylic acid groups (broad SMARTS) is 1. The van der Waals surface area contributed by atoms with Gasteiger partial charge in [0.25, 0.3) is 11.8 Å². The molecule has 0 radical (unpaired) electrons. The number of aromatic carboxylic acids is 1. The maximum Gasteiger partial charge on any atom is 0.335 e. The zero-order chi connectivity index (χ0) is 32.9. The second-order valence-corrected chi connectivity index (χ2v) is 10.9. The minimum Gasteiger partial charge on any atom is -0.486 e. The van der Waals surface area contributed by atoms with E-state index in [0.29, 0.717) is 52.8 Å². The van der Waals surface area contributed by atoms with Gasteiger partial charge in [0.15, 0.2) is 11.5 Å². The molecule has 0 bridgehead atoms. The number of carbonyl (C=O) groups excluding carboxylic acids is 2. The van der Waals surface area contributed by atoms with Gasteiger partial charge in [-0.3, -0.25) is 19.6 Å². The number of aromatic nitrogens is 2. The van der Waals surface area contributed by atoms with Gasteiger partial charge in [-0.15, -0.1) is 0 Å². The first-order chi connectivity index (χ1) is 22.7. The number of fused-ring (bicyclic) bond motifs is 3. The lowest BCUT2D eigenvalue weighted by molar-refractivity contribution is 0.0696. The van der Waals surface area contributed by atoms with Gasteiger partial charge in [-0.2, -0.15) is 0 Å². The van der Waals surface area contributed by atoms with Crippen molar-refractivity contribution in [3.63, 3.8) is 0 Å². The van der Waals surface area contributed by atoms with Gasteiger partial charge in [-0.05, 0) is 98.8 Å². The molecule has 0 unspecified atom stereocenters. The van der Waals surface area contributed by atoms with Crippen LogP contribution in [-0.2, 0) is 0 Å². The highest BCUT2D eigenvalue weighted by molar-refractivity contribution is 6.07. The average molecular weight is 627 g/mol. The van der Waals surface area contributed by atoms with Gasteiger partial charge in [0.2, 0.25) is 0 Å². The third kappa shape index (κ3) is 7.34. The Hall–Kier alpha value is -6.29. The molecule has 0 fully saturated rings. The molecule has 0 spiro atoms. The van der Waals surface area contributed by atoms with E-state index in [9.17, 15) is 14.4 Å². The van der Waals surface area contributed by atoms with Crippen LogP contribution < -0.4 is 20.1 Å². The number of carbonyl (C=O) groups is 3. The second kappa shape index (κ2) is 13.4. The second-order valence-electron chi connectivity index (χ2n) is 10.9. The summed E-state index contributed by atoms with van der Waals surface area (Å²) >= 11 is 0. The van der Waals surface area contributed by atoms with Crippen molar-refractivity contribution in [3.8, 4) is 11.5 Å². The molecule has 10 nitrogen and oxygen atoms in total. The summed E-state index contributed by atoms with van der Waals surface area (Å²) in [5.41, 5.74) is 5.93. The first-order valence-electron chi connectivity index (χ1n) is 14.8. The third-order valence-corrected chi connectivity index (χ3v) is 7.35. The Morgan fingerprint density at radius 2 is 1.11 bits per heavy atom. The lowest BCUT2D eigenvalue weighted by atomic mass is 10.1. The highest BCUT2D eigenvalue weighted by atomic mass is 16.6. The maximum absolute atomic E-state index is 12.8. The number of nitrogens with one attached hydrogen (secondary N) is 2. The molecule has 0 saturated carbocycles. The Kier molecular flexibility index (Phi) is 8.74. The topological polar surface area (TPSA) is 140 Å². The van der Waals surface area contributed by atoms with Gasteiger partial charge in [0.1, 0.15) is 13.2 Å². The molecule has 0 saturated heterocycles. The molecule has 1 aliphatic heterocycles. The fourth-order valence-corrected chi connectivity index (χ4v) is 5.00. The number of carboxylic acids is 1. The van der Waals surface area contributed by atoms with Crippen molar-refractivity contribution in [2.45, 2.75) is 13.8 Å². The number of aryl methyl sites for hydroxylation is 2. The molecular weight excluding hydrogens is 596 g/mol. The van der Waals surface area contributed by atoms with E-state index in [4.69, 9.17) is 14.6 Å². The molecule has 7 rings (SSSR count). The minimum atomic E-state index is -0.910. The zero-order valence-electron chi connectivity index (χ0n) is 25.6. The Morgan fingerprint density at radius 3 is 1.70 bits per heavy atom. The van der Waals surface area contributed by atoms with E-state index in [1.54, 1.807) is 66.7 Å². The summed E-state index contributed by atoms with van der Waals surface area (Å²) in [6.07, 6.45) is 0. The first kappa shape index (κ1) is 30.7. The van der Waals surface area contributed by atoms with Crippen molar-refractivity contribution in [1.82, 2.24) is 9.97 Å². The molecule has 6 aromatic rings. The quantitative estimate of drug-likeness (QED) is 0.185. The van der Waals surface area contributed by atoms with Crippen LogP contribution in [0.2, 0.25) is 0 Å². The molecule has 1 aliphatic rings. The number of pyridine rings is 2. The molecule has 234 valence electrons. The summed E-state index contributed by atoms with van der Waals surface area (Å²) < 4.78 is 11.0. The Bertz CT molecular complexity index is 2160. The SMILES string of the molecule is Cc1ccc2cc(C(=O)Nc3cccc(NC(=O)c4ccc5c(c4)OCCO5)c3)ccc2n1.Cc1ccc2cc(C(=O)O)ccc2n1. The molecule has 47 heavy (non-hydrogen) atoms. The van der Waals surface area contributed by atoms with Crippen LogP contribution in [-0.4, -0.2) is 46.1 Å². The van der Waals surface area contributed by atoms with E-state index < -0.39 is 5.97 Å². The van der Waals surface area contributed by atoms with Gasteiger partial charge < -0.3 is 25.2 Å². The third-order valence-electron chi connectivity index (χ3n) is 7.35. The highest BCUT2D eigenvalue weighted by Crippen LogP contribution is 2.31. The summed E-state index contributed by atoms with van der Waals surface area (Å²) in [7, 11) is 0. The number of hydrogen-bond acceptors (Lipinski definition) is 7. The summed E-state index contributed by atoms with van der Waals surface area (Å²) in [4.78, 5) is 44.9. The zero-order valence-corrected chi connectivity index (χ0v) is 25.6. The maximum atomic E-state index is 12.8. The van der Waals surface area contributed by atoms with Crippen LogP contribution in [0.25, 0.3) is 21.8 Å². The van der Waals surface area contributed by atoms with Crippen LogP contribution >= 0.6 is 0 Å². The van der Waals surface area contributed by atoms with Crippen molar-refractivity contribution in [2.75, 3.05) is 23.8 Å². The van der Waals surface area contributed by atoms with Gasteiger partial charge in [0, 0.05) is 44.7 Å². The average Bonchev–Trinajstić information content (AvgIpc) is 3.08. The minimum absolute atomic E-state index is 0.243. The summed E-state index contributed by atoms with van der Waals surface area (Å²) in [6.45, 7) is 4.78. The smallest absolute Gasteiger partial charge is 0.335 e. The molecule has 3 heterocycles. The molecular formula is C37H30N4O6. The van der Waals surface area contributed by atoms with Crippen molar-refractivity contribution >= 4 is 51.0 Å². The van der Waals surface area contributed by atoms with E-state index in [0.717, 1.165) is 33.2 Å². The Morgan fingerprint density at radius 1 is 0.596 bits per heavy atom. The number of hydrogen-bond donors (Lipinski definition) is 3. The number of rotatable bonds is 5. The van der Waals surface area contributed by atoms with E-state index in [1.807, 2.05) is 50.2 Å². The number of nitrogens with zero attached hydrogens (tertiary/aromatic N) is 2. The van der Waals surface area contributed by atoms with Gasteiger partial charge in [-0.25, -0.2) is 4.79 Å². The van der Waals surface area contributed by atoms with E-state index in [2.05, 4.69) is 20.6 Å². The van der Waals surface area contributed by atoms with Crippen LogP contribution in [0.15, 0.2) is 103 Å². The van der Waals surface area contributed by atoms with Crippen LogP contribution in [0.4, 0.5) is 11.4 Å². The van der Waals surface area contributed by atoms with E-state index in [-0.39, 0.29) is 11.8 Å². The predicted octanol–water partition coefficient (Wildman–Crippen LogP) is 7.06.